The van der Waals surface area contributed by atoms with Gasteiger partial charge in [0.1, 0.15) is 5.78 Å². The Bertz CT molecular complexity index is 394. The van der Waals surface area contributed by atoms with Crippen molar-refractivity contribution >= 4 is 37.6 Å². The molecule has 0 aliphatic carbocycles. The predicted octanol–water partition coefficient (Wildman–Crippen LogP) is 4.54. The van der Waals surface area contributed by atoms with E-state index in [1.165, 1.54) is 13.0 Å². The third kappa shape index (κ3) is 2.88. The smallest absolute Gasteiger partial charge is 0.264 e. The van der Waals surface area contributed by atoms with Gasteiger partial charge in [-0.1, -0.05) is 50.1 Å². The predicted molar refractivity (Wildman–Crippen MR) is 66.4 cm³/mol. The third-order valence-corrected chi connectivity index (χ3v) is 3.93. The molecule has 1 rings (SSSR count). The molecule has 1 aromatic rings. The number of Topliss-reactive ketones (excluding diaryl/α,β-unsaturated/α-hetero) is 1. The van der Waals surface area contributed by atoms with Crippen LogP contribution in [0.1, 0.15) is 34.9 Å². The topological polar surface area (TPSA) is 17.1 Å². The molecule has 5 heteroatoms. The lowest BCUT2D eigenvalue weighted by Gasteiger charge is -2.16. The molecule has 0 radical (unpaired) electrons. The average Bonchev–Trinajstić information content (AvgIpc) is 2.26. The molecule has 0 aromatic heterocycles. The van der Waals surface area contributed by atoms with E-state index in [1.807, 2.05) is 0 Å². The standard InChI is InChI=1S/C11H10Br2F2O/c1-6(16)10(13)9-7(5-12)3-2-4-8(9)11(14)15/h2-4,10-11H,5H2,1H3. The molecule has 0 aliphatic rings. The molecule has 16 heavy (non-hydrogen) atoms. The third-order valence-electron chi connectivity index (χ3n) is 2.22. The molecule has 0 spiro atoms. The van der Waals surface area contributed by atoms with Crippen molar-refractivity contribution < 1.29 is 13.6 Å². The Balaban J connectivity index is 3.35. The minimum absolute atomic E-state index is 0.0889. The zero-order valence-electron chi connectivity index (χ0n) is 8.51. The lowest BCUT2D eigenvalue weighted by molar-refractivity contribution is -0.116. The molecule has 0 saturated carbocycles. The van der Waals surface area contributed by atoms with E-state index in [0.29, 0.717) is 16.5 Å². The summed E-state index contributed by atoms with van der Waals surface area (Å²) in [5, 5.41) is 0.443. The van der Waals surface area contributed by atoms with Gasteiger partial charge in [0.05, 0.1) is 4.83 Å². The van der Waals surface area contributed by atoms with Crippen LogP contribution in [0.4, 0.5) is 8.78 Å². The molecule has 0 saturated heterocycles. The van der Waals surface area contributed by atoms with Gasteiger partial charge in [0, 0.05) is 10.9 Å². The minimum Gasteiger partial charge on any atom is -0.298 e. The van der Waals surface area contributed by atoms with Gasteiger partial charge in [0.2, 0.25) is 0 Å². The highest BCUT2D eigenvalue weighted by molar-refractivity contribution is 9.09. The van der Waals surface area contributed by atoms with Crippen molar-refractivity contribution in [2.24, 2.45) is 0 Å². The van der Waals surface area contributed by atoms with Crippen LogP contribution >= 0.6 is 31.9 Å². The van der Waals surface area contributed by atoms with Crippen LogP contribution in [-0.4, -0.2) is 5.78 Å². The summed E-state index contributed by atoms with van der Waals surface area (Å²) in [6, 6.07) is 4.65. The molecule has 0 aliphatic heterocycles. The fourth-order valence-corrected chi connectivity index (χ4v) is 2.50. The number of hydrogen-bond acceptors (Lipinski definition) is 1. The number of hydrogen-bond donors (Lipinski definition) is 0. The van der Waals surface area contributed by atoms with Gasteiger partial charge in [-0.15, -0.1) is 0 Å². The van der Waals surface area contributed by atoms with Gasteiger partial charge in [-0.25, -0.2) is 8.78 Å². The Morgan fingerprint density at radius 1 is 1.44 bits per heavy atom. The molecular weight excluding hydrogens is 346 g/mol. The van der Waals surface area contributed by atoms with Gasteiger partial charge >= 0.3 is 0 Å². The van der Waals surface area contributed by atoms with Crippen LogP contribution in [0.5, 0.6) is 0 Å². The molecule has 1 nitrogen and oxygen atoms in total. The SMILES string of the molecule is CC(=O)C(Br)c1c(CBr)cccc1C(F)F. The number of halogens is 4. The van der Waals surface area contributed by atoms with Gasteiger partial charge < -0.3 is 0 Å². The van der Waals surface area contributed by atoms with E-state index in [9.17, 15) is 13.6 Å². The largest absolute Gasteiger partial charge is 0.298 e. The quantitative estimate of drug-likeness (QED) is 0.724. The second-order valence-electron chi connectivity index (χ2n) is 3.33. The molecular formula is C11H10Br2F2O. The summed E-state index contributed by atoms with van der Waals surface area (Å²) in [5.41, 5.74) is 0.991. The van der Waals surface area contributed by atoms with Crippen LogP contribution in [0.2, 0.25) is 0 Å². The normalized spacial score (nSPS) is 12.9. The van der Waals surface area contributed by atoms with Gasteiger partial charge in [-0.3, -0.25) is 4.79 Å². The van der Waals surface area contributed by atoms with Crippen LogP contribution in [0.15, 0.2) is 18.2 Å². The summed E-state index contributed by atoms with van der Waals surface area (Å²) < 4.78 is 25.6. The second-order valence-corrected chi connectivity index (χ2v) is 4.80. The van der Waals surface area contributed by atoms with Crippen LogP contribution in [0, 0.1) is 0 Å². The monoisotopic (exact) mass is 354 g/mol. The zero-order chi connectivity index (χ0) is 12.3. The lowest BCUT2D eigenvalue weighted by atomic mass is 9.97. The molecule has 0 heterocycles. The Morgan fingerprint density at radius 2 is 2.06 bits per heavy atom. The maximum atomic E-state index is 12.8. The number of carbonyl (C=O) groups is 1. The summed E-state index contributed by atoms with van der Waals surface area (Å²) in [6.45, 7) is 1.37. The van der Waals surface area contributed by atoms with Gasteiger partial charge in [0.25, 0.3) is 6.43 Å². The van der Waals surface area contributed by atoms with E-state index in [1.54, 1.807) is 12.1 Å². The molecule has 1 atom stereocenters. The average molecular weight is 356 g/mol. The van der Waals surface area contributed by atoms with E-state index in [2.05, 4.69) is 31.9 Å². The maximum Gasteiger partial charge on any atom is 0.264 e. The van der Waals surface area contributed by atoms with Crippen LogP contribution in [0.3, 0.4) is 0 Å². The number of ketones is 1. The highest BCUT2D eigenvalue weighted by Gasteiger charge is 2.23. The summed E-state index contributed by atoms with van der Waals surface area (Å²) in [5.74, 6) is -0.185. The first-order valence-corrected chi connectivity index (χ1v) is 6.63. The molecule has 0 amide bonds. The molecule has 0 fully saturated rings. The van der Waals surface area contributed by atoms with E-state index < -0.39 is 11.3 Å². The molecule has 1 aromatic carbocycles. The molecule has 0 bridgehead atoms. The summed E-state index contributed by atoms with van der Waals surface area (Å²) in [7, 11) is 0. The first-order chi connectivity index (χ1) is 7.49. The zero-order valence-corrected chi connectivity index (χ0v) is 11.7. The van der Waals surface area contributed by atoms with Crippen LogP contribution in [-0.2, 0) is 10.1 Å². The van der Waals surface area contributed by atoms with Crippen molar-refractivity contribution in [1.29, 1.82) is 0 Å². The Morgan fingerprint density at radius 3 is 2.50 bits per heavy atom. The summed E-state index contributed by atoms with van der Waals surface area (Å²) in [6.07, 6.45) is -2.58. The second kappa shape index (κ2) is 5.87. The van der Waals surface area contributed by atoms with Crippen LogP contribution < -0.4 is 0 Å². The van der Waals surface area contributed by atoms with Crippen molar-refractivity contribution in [3.63, 3.8) is 0 Å². The van der Waals surface area contributed by atoms with E-state index in [4.69, 9.17) is 0 Å². The number of alkyl halides is 4. The highest BCUT2D eigenvalue weighted by Crippen LogP contribution is 2.35. The Kier molecular flexibility index (Phi) is 5.05. The fraction of sp³-hybridized carbons (Fsp3) is 0.364. The molecule has 0 N–H and O–H groups in total. The van der Waals surface area contributed by atoms with Gasteiger partial charge in [-0.2, -0.15) is 0 Å². The minimum atomic E-state index is -2.58. The molecule has 88 valence electrons. The van der Waals surface area contributed by atoms with Crippen molar-refractivity contribution in [2.75, 3.05) is 0 Å². The highest BCUT2D eigenvalue weighted by atomic mass is 79.9. The van der Waals surface area contributed by atoms with Crippen molar-refractivity contribution in [3.05, 3.63) is 34.9 Å². The summed E-state index contributed by atoms with van der Waals surface area (Å²) in [4.78, 5) is 10.6. The first kappa shape index (κ1) is 13.8. The Labute approximate surface area is 109 Å². The lowest BCUT2D eigenvalue weighted by Crippen LogP contribution is -2.08. The Hall–Kier alpha value is -0.290. The van der Waals surface area contributed by atoms with E-state index in [0.717, 1.165) is 0 Å². The number of rotatable bonds is 4. The molecule has 1 unspecified atom stereocenters. The summed E-state index contributed by atoms with van der Waals surface area (Å²) >= 11 is 6.39. The van der Waals surface area contributed by atoms with Crippen molar-refractivity contribution in [1.82, 2.24) is 0 Å². The van der Waals surface area contributed by atoms with Crippen molar-refractivity contribution in [2.45, 2.75) is 23.5 Å². The fourth-order valence-electron chi connectivity index (χ4n) is 1.45. The first-order valence-electron chi connectivity index (χ1n) is 4.59. The maximum absolute atomic E-state index is 12.8. The van der Waals surface area contributed by atoms with Crippen molar-refractivity contribution in [3.8, 4) is 0 Å². The van der Waals surface area contributed by atoms with Gasteiger partial charge in [0.15, 0.2) is 0 Å². The number of carbonyl (C=O) groups excluding carboxylic acids is 1. The number of benzene rings is 1. The van der Waals surface area contributed by atoms with Crippen LogP contribution in [0.25, 0.3) is 0 Å². The van der Waals surface area contributed by atoms with Gasteiger partial charge in [-0.05, 0) is 18.1 Å². The van der Waals surface area contributed by atoms with E-state index in [-0.39, 0.29) is 11.3 Å². The van der Waals surface area contributed by atoms with E-state index >= 15 is 0 Å².